The molecule has 0 N–H and O–H groups in total. The van der Waals surface area contributed by atoms with Crippen molar-refractivity contribution in [3.63, 3.8) is 0 Å². The normalized spacial score (nSPS) is 13.3. The van der Waals surface area contributed by atoms with Gasteiger partial charge in [-0.2, -0.15) is 0 Å². The second-order valence-corrected chi connectivity index (χ2v) is 6.20. The maximum absolute atomic E-state index is 12.9. The van der Waals surface area contributed by atoms with E-state index < -0.39 is 0 Å². The van der Waals surface area contributed by atoms with Gasteiger partial charge in [-0.25, -0.2) is 4.39 Å². The first kappa shape index (κ1) is 16.4. The molecule has 0 radical (unpaired) electrons. The highest BCUT2D eigenvalue weighted by Crippen LogP contribution is 2.28. The Morgan fingerprint density at radius 3 is 2.73 bits per heavy atom. The lowest BCUT2D eigenvalue weighted by Crippen LogP contribution is -2.35. The number of furan rings is 1. The van der Waals surface area contributed by atoms with Crippen molar-refractivity contribution in [2.45, 2.75) is 19.4 Å². The third kappa shape index (κ3) is 3.33. The number of nitrogens with zero attached hydrogens (tertiary/aromatic N) is 1. The highest BCUT2D eigenvalue weighted by molar-refractivity contribution is 6.04. The van der Waals surface area contributed by atoms with Gasteiger partial charge >= 0.3 is 0 Å². The highest BCUT2D eigenvalue weighted by atomic mass is 19.1. The minimum atomic E-state index is -0.315. The number of rotatable bonds is 4. The Labute approximate surface area is 150 Å². The lowest BCUT2D eigenvalue weighted by molar-refractivity contribution is 0.0954. The van der Waals surface area contributed by atoms with E-state index in [4.69, 9.17) is 9.15 Å². The summed E-state index contributed by atoms with van der Waals surface area (Å²) in [5.74, 6) is 0.915. The average Bonchev–Trinajstić information content (AvgIpc) is 3.15. The van der Waals surface area contributed by atoms with Gasteiger partial charge in [-0.1, -0.05) is 18.2 Å². The lowest BCUT2D eigenvalue weighted by atomic mass is 10.0. The van der Waals surface area contributed by atoms with Gasteiger partial charge in [0, 0.05) is 12.2 Å². The molecule has 1 aromatic heterocycles. The Morgan fingerprint density at radius 1 is 1.08 bits per heavy atom. The Morgan fingerprint density at radius 2 is 1.88 bits per heavy atom. The number of halogens is 1. The molecule has 0 aliphatic carbocycles. The zero-order chi connectivity index (χ0) is 17.9. The number of benzene rings is 2. The zero-order valence-corrected chi connectivity index (χ0v) is 14.2. The first-order chi connectivity index (χ1) is 12.7. The molecule has 0 atom stereocenters. The number of ether oxygens (including phenoxy) is 1. The van der Waals surface area contributed by atoms with Crippen LogP contribution in [0.2, 0.25) is 0 Å². The van der Waals surface area contributed by atoms with Crippen LogP contribution in [0.4, 0.5) is 10.1 Å². The molecule has 0 spiro atoms. The Balaban J connectivity index is 1.46. The third-order valence-electron chi connectivity index (χ3n) is 4.42. The lowest BCUT2D eigenvalue weighted by Gasteiger charge is -2.28. The summed E-state index contributed by atoms with van der Waals surface area (Å²) >= 11 is 0. The predicted molar refractivity (Wildman–Crippen MR) is 95.9 cm³/mol. The van der Waals surface area contributed by atoms with Crippen molar-refractivity contribution in [3.05, 3.63) is 83.6 Å². The smallest absolute Gasteiger partial charge is 0.293 e. The number of amides is 1. The van der Waals surface area contributed by atoms with E-state index in [0.717, 1.165) is 18.5 Å². The van der Waals surface area contributed by atoms with Gasteiger partial charge in [-0.3, -0.25) is 4.79 Å². The summed E-state index contributed by atoms with van der Waals surface area (Å²) in [5, 5.41) is 0. The summed E-state index contributed by atoms with van der Waals surface area (Å²) in [5.41, 5.74) is 2.13. The fourth-order valence-corrected chi connectivity index (χ4v) is 3.13. The van der Waals surface area contributed by atoms with Crippen molar-refractivity contribution in [3.8, 4) is 5.75 Å². The predicted octanol–water partition coefficient (Wildman–Crippen LogP) is 4.59. The van der Waals surface area contributed by atoms with E-state index in [0.29, 0.717) is 23.8 Å². The molecule has 4 rings (SSSR count). The molecule has 1 amide bonds. The number of aryl methyl sites for hydroxylation is 1. The van der Waals surface area contributed by atoms with Crippen LogP contribution in [0.25, 0.3) is 0 Å². The Kier molecular flexibility index (Phi) is 4.44. The summed E-state index contributed by atoms with van der Waals surface area (Å²) < 4.78 is 24.1. The largest absolute Gasteiger partial charge is 0.486 e. The molecule has 1 aliphatic rings. The van der Waals surface area contributed by atoms with Crippen LogP contribution in [0, 0.1) is 5.82 Å². The second kappa shape index (κ2) is 7.04. The van der Waals surface area contributed by atoms with Crippen LogP contribution in [-0.4, -0.2) is 12.5 Å². The molecule has 0 fully saturated rings. The number of carbonyl (C=O) groups is 1. The summed E-state index contributed by atoms with van der Waals surface area (Å²) in [6.07, 6.45) is 1.92. The molecule has 3 aromatic rings. The van der Waals surface area contributed by atoms with Crippen LogP contribution in [-0.2, 0) is 13.0 Å². The number of hydrogen-bond acceptors (Lipinski definition) is 3. The summed E-state index contributed by atoms with van der Waals surface area (Å²) in [6, 6.07) is 17.1. The zero-order valence-electron chi connectivity index (χ0n) is 14.2. The van der Waals surface area contributed by atoms with Gasteiger partial charge in [0.15, 0.2) is 5.76 Å². The van der Waals surface area contributed by atoms with Crippen LogP contribution >= 0.6 is 0 Å². The van der Waals surface area contributed by atoms with E-state index >= 15 is 0 Å². The van der Waals surface area contributed by atoms with Gasteiger partial charge < -0.3 is 14.1 Å². The number of anilines is 1. The molecule has 0 unspecified atom stereocenters. The molecule has 26 heavy (non-hydrogen) atoms. The molecule has 0 bridgehead atoms. The van der Waals surface area contributed by atoms with Gasteiger partial charge in [0.2, 0.25) is 0 Å². The quantitative estimate of drug-likeness (QED) is 0.690. The maximum atomic E-state index is 12.9. The number of hydrogen-bond donors (Lipinski definition) is 0. The molecule has 1 aliphatic heterocycles. The number of para-hydroxylation sites is 1. The van der Waals surface area contributed by atoms with E-state index in [1.165, 1.54) is 17.7 Å². The van der Waals surface area contributed by atoms with Crippen LogP contribution in [0.15, 0.2) is 65.1 Å². The van der Waals surface area contributed by atoms with Gasteiger partial charge in [0.05, 0.1) is 0 Å². The first-order valence-corrected chi connectivity index (χ1v) is 8.57. The van der Waals surface area contributed by atoms with Crippen molar-refractivity contribution in [2.24, 2.45) is 0 Å². The standard InChI is InChI=1S/C21H18FNO3/c22-16-7-9-17(10-8-16)25-14-18-11-12-20(26-18)21(24)23-13-3-5-15-4-1-2-6-19(15)23/h1-2,4,6-12H,3,5,13-14H2. The Bertz CT molecular complexity index is 917. The van der Waals surface area contributed by atoms with Crippen molar-refractivity contribution in [2.75, 3.05) is 11.4 Å². The summed E-state index contributed by atoms with van der Waals surface area (Å²) in [4.78, 5) is 14.6. The molecule has 5 heteroatoms. The van der Waals surface area contributed by atoms with Gasteiger partial charge in [0.25, 0.3) is 5.91 Å². The molecule has 2 aromatic carbocycles. The van der Waals surface area contributed by atoms with E-state index in [-0.39, 0.29) is 18.3 Å². The fraction of sp³-hybridized carbons (Fsp3) is 0.190. The first-order valence-electron chi connectivity index (χ1n) is 8.57. The van der Waals surface area contributed by atoms with Crippen LogP contribution in [0.3, 0.4) is 0 Å². The molecular formula is C21H18FNO3. The van der Waals surface area contributed by atoms with Crippen LogP contribution in [0.5, 0.6) is 5.75 Å². The van der Waals surface area contributed by atoms with Gasteiger partial charge in [0.1, 0.15) is 23.9 Å². The minimum Gasteiger partial charge on any atom is -0.486 e. The van der Waals surface area contributed by atoms with Crippen LogP contribution in [0.1, 0.15) is 28.3 Å². The van der Waals surface area contributed by atoms with Crippen molar-refractivity contribution < 1.29 is 18.3 Å². The van der Waals surface area contributed by atoms with Gasteiger partial charge in [-0.05, 0) is 60.9 Å². The van der Waals surface area contributed by atoms with Crippen molar-refractivity contribution in [1.82, 2.24) is 0 Å². The van der Waals surface area contributed by atoms with Crippen molar-refractivity contribution in [1.29, 1.82) is 0 Å². The highest BCUT2D eigenvalue weighted by Gasteiger charge is 2.25. The van der Waals surface area contributed by atoms with E-state index in [9.17, 15) is 9.18 Å². The van der Waals surface area contributed by atoms with E-state index in [1.807, 2.05) is 18.2 Å². The summed E-state index contributed by atoms with van der Waals surface area (Å²) in [7, 11) is 0. The maximum Gasteiger partial charge on any atom is 0.293 e. The van der Waals surface area contributed by atoms with Crippen LogP contribution < -0.4 is 9.64 Å². The third-order valence-corrected chi connectivity index (χ3v) is 4.42. The molecule has 0 saturated carbocycles. The van der Waals surface area contributed by atoms with Gasteiger partial charge in [-0.15, -0.1) is 0 Å². The number of carbonyl (C=O) groups excluding carboxylic acids is 1. The second-order valence-electron chi connectivity index (χ2n) is 6.20. The van der Waals surface area contributed by atoms with E-state index in [2.05, 4.69) is 6.07 Å². The fourth-order valence-electron chi connectivity index (χ4n) is 3.13. The van der Waals surface area contributed by atoms with Crippen molar-refractivity contribution >= 4 is 11.6 Å². The molecule has 132 valence electrons. The van der Waals surface area contributed by atoms with E-state index in [1.54, 1.807) is 29.2 Å². The monoisotopic (exact) mass is 351 g/mol. The minimum absolute atomic E-state index is 0.148. The average molecular weight is 351 g/mol. The molecule has 2 heterocycles. The summed E-state index contributed by atoms with van der Waals surface area (Å²) in [6.45, 7) is 0.855. The SMILES string of the molecule is O=C(c1ccc(COc2ccc(F)cc2)o1)N1CCCc2ccccc21. The molecule has 0 saturated heterocycles. The number of fused-ring (bicyclic) bond motifs is 1. The molecule has 4 nitrogen and oxygen atoms in total. The Hall–Kier alpha value is -3.08. The topological polar surface area (TPSA) is 42.7 Å². The molecular weight excluding hydrogens is 333 g/mol.